The number of nitrogens with one attached hydrogen (secondary N) is 2. The summed E-state index contributed by atoms with van der Waals surface area (Å²) >= 11 is 1.66. The van der Waals surface area contributed by atoms with Gasteiger partial charge in [-0.1, -0.05) is 6.07 Å². The van der Waals surface area contributed by atoms with E-state index in [2.05, 4.69) is 22.8 Å². The predicted octanol–water partition coefficient (Wildman–Crippen LogP) is 2.41. The predicted molar refractivity (Wildman–Crippen MR) is 84.5 cm³/mol. The van der Waals surface area contributed by atoms with Crippen LogP contribution in [0.25, 0.3) is 0 Å². The van der Waals surface area contributed by atoms with Gasteiger partial charge in [-0.25, -0.2) is 4.79 Å². The minimum atomic E-state index is -0.199. The number of aryl methyl sites for hydroxylation is 2. The SMILES string of the molecule is CSC[C@@H](CCO)NC(=O)Nc1ccc2c(c1)CCC2. The maximum Gasteiger partial charge on any atom is 0.319 e. The third-order valence-corrected chi connectivity index (χ3v) is 4.27. The highest BCUT2D eigenvalue weighted by atomic mass is 32.2. The summed E-state index contributed by atoms with van der Waals surface area (Å²) in [5.41, 5.74) is 3.59. The van der Waals surface area contributed by atoms with Crippen LogP contribution in [-0.4, -0.2) is 35.8 Å². The Morgan fingerprint density at radius 1 is 1.40 bits per heavy atom. The highest BCUT2D eigenvalue weighted by molar-refractivity contribution is 7.98. The molecule has 0 radical (unpaired) electrons. The molecule has 20 heavy (non-hydrogen) atoms. The Balaban J connectivity index is 1.90. The van der Waals surface area contributed by atoms with Gasteiger partial charge < -0.3 is 15.7 Å². The number of aliphatic hydroxyl groups excluding tert-OH is 1. The molecule has 1 aromatic rings. The van der Waals surface area contributed by atoms with Crippen molar-refractivity contribution in [1.82, 2.24) is 5.32 Å². The zero-order chi connectivity index (χ0) is 14.4. The Bertz CT molecular complexity index is 459. The Kier molecular flexibility index (Phi) is 5.73. The van der Waals surface area contributed by atoms with E-state index in [1.165, 1.54) is 17.5 Å². The summed E-state index contributed by atoms with van der Waals surface area (Å²) in [7, 11) is 0. The molecule has 110 valence electrons. The first-order chi connectivity index (χ1) is 9.72. The molecule has 0 aromatic heterocycles. The molecule has 0 fully saturated rings. The molecule has 2 amide bonds. The third kappa shape index (κ3) is 4.15. The fourth-order valence-corrected chi connectivity index (χ4v) is 3.21. The van der Waals surface area contributed by atoms with Crippen LogP contribution in [0.4, 0.5) is 10.5 Å². The topological polar surface area (TPSA) is 61.4 Å². The molecule has 0 unspecified atom stereocenters. The van der Waals surface area contributed by atoms with Gasteiger partial charge in [-0.15, -0.1) is 0 Å². The number of hydrogen-bond donors (Lipinski definition) is 3. The highest BCUT2D eigenvalue weighted by Gasteiger charge is 2.14. The summed E-state index contributed by atoms with van der Waals surface area (Å²) in [6, 6.07) is 5.93. The molecule has 0 aliphatic heterocycles. The molecule has 1 atom stereocenters. The van der Waals surface area contributed by atoms with Crippen molar-refractivity contribution in [3.8, 4) is 0 Å². The number of amides is 2. The number of rotatable bonds is 6. The number of carbonyl (C=O) groups is 1. The van der Waals surface area contributed by atoms with Crippen LogP contribution in [0.1, 0.15) is 24.0 Å². The fraction of sp³-hybridized carbons (Fsp3) is 0.533. The zero-order valence-electron chi connectivity index (χ0n) is 11.8. The average Bonchev–Trinajstić information content (AvgIpc) is 2.86. The van der Waals surface area contributed by atoms with E-state index in [1.807, 2.05) is 12.3 Å². The number of hydrogen-bond acceptors (Lipinski definition) is 3. The smallest absolute Gasteiger partial charge is 0.319 e. The Labute approximate surface area is 124 Å². The molecule has 0 saturated carbocycles. The minimum Gasteiger partial charge on any atom is -0.396 e. The number of urea groups is 1. The van der Waals surface area contributed by atoms with Crippen LogP contribution in [0.15, 0.2) is 18.2 Å². The van der Waals surface area contributed by atoms with Crippen LogP contribution in [0.3, 0.4) is 0 Å². The van der Waals surface area contributed by atoms with E-state index in [0.717, 1.165) is 24.3 Å². The maximum absolute atomic E-state index is 12.0. The van der Waals surface area contributed by atoms with Crippen molar-refractivity contribution in [2.45, 2.75) is 31.7 Å². The number of thioether (sulfide) groups is 1. The van der Waals surface area contributed by atoms with Crippen molar-refractivity contribution in [2.24, 2.45) is 0 Å². The normalized spacial score (nSPS) is 14.7. The monoisotopic (exact) mass is 294 g/mol. The molecular weight excluding hydrogens is 272 g/mol. The molecule has 4 nitrogen and oxygen atoms in total. The average molecular weight is 294 g/mol. The molecule has 5 heteroatoms. The van der Waals surface area contributed by atoms with E-state index in [9.17, 15) is 4.79 Å². The molecule has 1 aliphatic rings. The van der Waals surface area contributed by atoms with E-state index in [4.69, 9.17) is 5.11 Å². The zero-order valence-corrected chi connectivity index (χ0v) is 12.6. The van der Waals surface area contributed by atoms with E-state index in [1.54, 1.807) is 11.8 Å². The first-order valence-electron chi connectivity index (χ1n) is 7.02. The van der Waals surface area contributed by atoms with Gasteiger partial charge >= 0.3 is 6.03 Å². The first-order valence-corrected chi connectivity index (χ1v) is 8.41. The molecule has 0 bridgehead atoms. The van der Waals surface area contributed by atoms with Crippen LogP contribution >= 0.6 is 11.8 Å². The molecule has 3 N–H and O–H groups in total. The summed E-state index contributed by atoms with van der Waals surface area (Å²) in [6.07, 6.45) is 6.03. The lowest BCUT2D eigenvalue weighted by Crippen LogP contribution is -2.40. The van der Waals surface area contributed by atoms with E-state index < -0.39 is 0 Å². The molecule has 2 rings (SSSR count). The van der Waals surface area contributed by atoms with Gasteiger partial charge in [0.05, 0.1) is 0 Å². The third-order valence-electron chi connectivity index (χ3n) is 3.54. The largest absolute Gasteiger partial charge is 0.396 e. The van der Waals surface area contributed by atoms with Crippen LogP contribution in [0, 0.1) is 0 Å². The van der Waals surface area contributed by atoms with Crippen LogP contribution in [0.5, 0.6) is 0 Å². The summed E-state index contributed by atoms with van der Waals surface area (Å²) in [5, 5.41) is 14.8. The van der Waals surface area contributed by atoms with Crippen molar-refractivity contribution in [3.05, 3.63) is 29.3 Å². The number of carbonyl (C=O) groups excluding carboxylic acids is 1. The Morgan fingerprint density at radius 3 is 2.95 bits per heavy atom. The first kappa shape index (κ1) is 15.2. The molecule has 0 spiro atoms. The molecule has 1 aromatic carbocycles. The van der Waals surface area contributed by atoms with E-state index in [-0.39, 0.29) is 18.7 Å². The lowest BCUT2D eigenvalue weighted by atomic mass is 10.1. The van der Waals surface area contributed by atoms with Gasteiger partial charge in [0.2, 0.25) is 0 Å². The van der Waals surface area contributed by atoms with Crippen molar-refractivity contribution < 1.29 is 9.90 Å². The van der Waals surface area contributed by atoms with Crippen LogP contribution < -0.4 is 10.6 Å². The number of fused-ring (bicyclic) bond motifs is 1. The molecule has 1 aliphatic carbocycles. The van der Waals surface area contributed by atoms with Crippen molar-refractivity contribution in [3.63, 3.8) is 0 Å². The molecular formula is C15H22N2O2S. The summed E-state index contributed by atoms with van der Waals surface area (Å²) in [5.74, 6) is 0.804. The summed E-state index contributed by atoms with van der Waals surface area (Å²) in [6.45, 7) is 0.0877. The molecule has 0 heterocycles. The van der Waals surface area contributed by atoms with E-state index in [0.29, 0.717) is 6.42 Å². The van der Waals surface area contributed by atoms with Gasteiger partial charge in [0.15, 0.2) is 0 Å². The summed E-state index contributed by atoms with van der Waals surface area (Å²) < 4.78 is 0. The number of anilines is 1. The Hall–Kier alpha value is -1.20. The lowest BCUT2D eigenvalue weighted by Gasteiger charge is -2.17. The van der Waals surface area contributed by atoms with E-state index >= 15 is 0 Å². The maximum atomic E-state index is 12.0. The van der Waals surface area contributed by atoms with Gasteiger partial charge in [-0.05, 0) is 55.2 Å². The van der Waals surface area contributed by atoms with Gasteiger partial charge in [0, 0.05) is 24.1 Å². The second-order valence-corrected chi connectivity index (χ2v) is 6.01. The second kappa shape index (κ2) is 7.55. The van der Waals surface area contributed by atoms with Crippen LogP contribution in [-0.2, 0) is 12.8 Å². The molecule has 0 saturated heterocycles. The Morgan fingerprint density at radius 2 is 2.20 bits per heavy atom. The quantitative estimate of drug-likeness (QED) is 0.755. The second-order valence-electron chi connectivity index (χ2n) is 5.10. The standard InChI is InChI=1S/C15H22N2O2S/c1-20-10-14(7-8-18)17-15(19)16-13-6-5-11-3-2-4-12(11)9-13/h5-6,9,14,18H,2-4,7-8,10H2,1H3,(H2,16,17,19)/t14-/m1/s1. The van der Waals surface area contributed by atoms with Crippen LogP contribution in [0.2, 0.25) is 0 Å². The van der Waals surface area contributed by atoms with Gasteiger partial charge in [0.1, 0.15) is 0 Å². The van der Waals surface area contributed by atoms with Crippen molar-refractivity contribution >= 4 is 23.5 Å². The van der Waals surface area contributed by atoms with Crippen molar-refractivity contribution in [1.29, 1.82) is 0 Å². The van der Waals surface area contributed by atoms with Gasteiger partial charge in [0.25, 0.3) is 0 Å². The number of benzene rings is 1. The summed E-state index contributed by atoms with van der Waals surface area (Å²) in [4.78, 5) is 12.0. The fourth-order valence-electron chi connectivity index (χ4n) is 2.56. The highest BCUT2D eigenvalue weighted by Crippen LogP contribution is 2.24. The minimum absolute atomic E-state index is 0.00410. The van der Waals surface area contributed by atoms with Gasteiger partial charge in [-0.3, -0.25) is 0 Å². The number of aliphatic hydroxyl groups is 1. The van der Waals surface area contributed by atoms with Gasteiger partial charge in [-0.2, -0.15) is 11.8 Å². The van der Waals surface area contributed by atoms with Crippen molar-refractivity contribution in [2.75, 3.05) is 23.9 Å². The lowest BCUT2D eigenvalue weighted by molar-refractivity contribution is 0.241.